The smallest absolute Gasteiger partial charge is 0.224 e. The molecule has 1 N–H and O–H groups in total. The zero-order valence-electron chi connectivity index (χ0n) is 13.9. The number of hydrogen-bond donors (Lipinski definition) is 2. The Hall–Kier alpha value is -2.21. The molecule has 1 aromatic carbocycles. The molecule has 1 amide bonds. The van der Waals surface area contributed by atoms with E-state index in [1.807, 2.05) is 48.9 Å². The monoisotopic (exact) mass is 346 g/mol. The van der Waals surface area contributed by atoms with Gasteiger partial charge in [0, 0.05) is 25.2 Å². The summed E-state index contributed by atoms with van der Waals surface area (Å²) in [7, 11) is 1.85. The average molecular weight is 346 g/mol. The number of ether oxygens (including phenoxy) is 1. The van der Waals surface area contributed by atoms with Crippen molar-refractivity contribution in [1.29, 1.82) is 0 Å². The first-order valence-electron chi connectivity index (χ1n) is 7.76. The zero-order valence-corrected chi connectivity index (χ0v) is 14.8. The molecule has 128 valence electrons. The Kier molecular flexibility index (Phi) is 6.49. The van der Waals surface area contributed by atoms with Crippen molar-refractivity contribution in [3.8, 4) is 5.75 Å². The molecule has 0 spiro atoms. The second kappa shape index (κ2) is 8.59. The van der Waals surface area contributed by atoms with Gasteiger partial charge >= 0.3 is 0 Å². The molecule has 0 fully saturated rings. The van der Waals surface area contributed by atoms with Gasteiger partial charge in [-0.3, -0.25) is 9.59 Å². The van der Waals surface area contributed by atoms with Crippen LogP contribution in [-0.4, -0.2) is 16.2 Å². The van der Waals surface area contributed by atoms with Crippen LogP contribution in [0.5, 0.6) is 5.75 Å². The molecule has 0 aliphatic rings. The first-order chi connectivity index (χ1) is 11.5. The number of aryl methyl sites for hydroxylation is 1. The van der Waals surface area contributed by atoms with E-state index in [9.17, 15) is 9.59 Å². The van der Waals surface area contributed by atoms with Crippen LogP contribution in [0.2, 0.25) is 0 Å². The van der Waals surface area contributed by atoms with Crippen molar-refractivity contribution in [3.05, 3.63) is 63.6 Å². The number of aromatic nitrogens is 1. The summed E-state index contributed by atoms with van der Waals surface area (Å²) in [5, 5.41) is 2.81. The van der Waals surface area contributed by atoms with Gasteiger partial charge in [0.05, 0.1) is 12.2 Å². The highest BCUT2D eigenvalue weighted by Gasteiger charge is 2.14. The number of rotatable bonds is 7. The molecule has 0 aliphatic heterocycles. The summed E-state index contributed by atoms with van der Waals surface area (Å²) in [6.45, 7) is 2.39. The van der Waals surface area contributed by atoms with Crippen molar-refractivity contribution in [2.75, 3.05) is 5.75 Å². The minimum Gasteiger partial charge on any atom is -0.483 e. The fourth-order valence-corrected chi connectivity index (χ4v) is 2.52. The molecule has 24 heavy (non-hydrogen) atoms. The van der Waals surface area contributed by atoms with Crippen molar-refractivity contribution < 1.29 is 9.53 Å². The second-order valence-corrected chi connectivity index (χ2v) is 5.96. The van der Waals surface area contributed by atoms with Crippen LogP contribution in [-0.2, 0) is 25.0 Å². The van der Waals surface area contributed by atoms with Crippen molar-refractivity contribution in [2.24, 2.45) is 7.05 Å². The molecule has 0 saturated carbocycles. The van der Waals surface area contributed by atoms with E-state index in [4.69, 9.17) is 4.74 Å². The standard InChI is InChI=1S/C18H22N2O3S/c1-13-10-16(21)18(23-12-14-6-4-3-5-7-14)15(20(13)2)11-19-17(22)8-9-24/h3-7,10,24H,8-9,11-12H2,1-2H3,(H,19,22). The molecule has 2 aromatic rings. The molecule has 0 bridgehead atoms. The van der Waals surface area contributed by atoms with Gasteiger partial charge in [0.1, 0.15) is 6.61 Å². The van der Waals surface area contributed by atoms with Gasteiger partial charge in [-0.15, -0.1) is 0 Å². The normalized spacial score (nSPS) is 10.5. The fraction of sp³-hybridized carbons (Fsp3) is 0.333. The third kappa shape index (κ3) is 4.64. The molecule has 0 unspecified atom stereocenters. The topological polar surface area (TPSA) is 60.3 Å². The van der Waals surface area contributed by atoms with Crippen molar-refractivity contribution in [2.45, 2.75) is 26.5 Å². The van der Waals surface area contributed by atoms with Gasteiger partial charge in [-0.25, -0.2) is 0 Å². The lowest BCUT2D eigenvalue weighted by Crippen LogP contribution is -2.27. The molecule has 5 nitrogen and oxygen atoms in total. The summed E-state index contributed by atoms with van der Waals surface area (Å²) in [5.74, 6) is 0.654. The number of pyridine rings is 1. The number of hydrogen-bond acceptors (Lipinski definition) is 4. The SMILES string of the molecule is Cc1cc(=O)c(OCc2ccccc2)c(CNC(=O)CCS)n1C. The van der Waals surface area contributed by atoms with Crippen LogP contribution in [0.1, 0.15) is 23.4 Å². The summed E-state index contributed by atoms with van der Waals surface area (Å²) in [4.78, 5) is 24.0. The maximum atomic E-state index is 12.3. The minimum atomic E-state index is -0.181. The second-order valence-electron chi connectivity index (χ2n) is 5.51. The van der Waals surface area contributed by atoms with E-state index in [-0.39, 0.29) is 23.6 Å². The summed E-state index contributed by atoms with van der Waals surface area (Å²) in [5.41, 5.74) is 2.26. The Balaban J connectivity index is 2.23. The van der Waals surface area contributed by atoms with E-state index >= 15 is 0 Å². The predicted molar refractivity (Wildman–Crippen MR) is 97.5 cm³/mol. The zero-order chi connectivity index (χ0) is 17.5. The number of carbonyl (C=O) groups is 1. The summed E-state index contributed by atoms with van der Waals surface area (Å²) >= 11 is 4.05. The van der Waals surface area contributed by atoms with E-state index in [2.05, 4.69) is 17.9 Å². The Labute approximate surface area is 147 Å². The largest absolute Gasteiger partial charge is 0.483 e. The van der Waals surface area contributed by atoms with Gasteiger partial charge in [0.15, 0.2) is 5.75 Å². The summed E-state index contributed by atoms with van der Waals surface area (Å²) < 4.78 is 7.65. The number of nitrogens with zero attached hydrogens (tertiary/aromatic N) is 1. The highest BCUT2D eigenvalue weighted by molar-refractivity contribution is 7.80. The Bertz CT molecular complexity index is 757. The molecule has 2 rings (SSSR count). The van der Waals surface area contributed by atoms with E-state index in [0.29, 0.717) is 24.5 Å². The first kappa shape index (κ1) is 18.1. The van der Waals surface area contributed by atoms with Gasteiger partial charge < -0.3 is 14.6 Å². The molecule has 0 atom stereocenters. The lowest BCUT2D eigenvalue weighted by Gasteiger charge is -2.17. The molecule has 1 aromatic heterocycles. The number of thiol groups is 1. The van der Waals surface area contributed by atoms with Crippen LogP contribution in [0, 0.1) is 6.92 Å². The lowest BCUT2D eigenvalue weighted by atomic mass is 10.2. The van der Waals surface area contributed by atoms with Gasteiger partial charge in [-0.2, -0.15) is 12.6 Å². The van der Waals surface area contributed by atoms with Gasteiger partial charge in [0.25, 0.3) is 0 Å². The van der Waals surface area contributed by atoms with E-state index in [1.165, 1.54) is 0 Å². The van der Waals surface area contributed by atoms with E-state index in [0.717, 1.165) is 11.3 Å². The van der Waals surface area contributed by atoms with Crippen molar-refractivity contribution in [3.63, 3.8) is 0 Å². The molecule has 1 heterocycles. The molecule has 0 radical (unpaired) electrons. The Morgan fingerprint density at radius 3 is 2.67 bits per heavy atom. The van der Waals surface area contributed by atoms with Gasteiger partial charge in [0.2, 0.25) is 11.3 Å². The molecule has 0 saturated heterocycles. The van der Waals surface area contributed by atoms with Crippen LogP contribution >= 0.6 is 12.6 Å². The summed E-state index contributed by atoms with van der Waals surface area (Å²) in [6, 6.07) is 11.2. The van der Waals surface area contributed by atoms with E-state index in [1.54, 1.807) is 6.07 Å². The average Bonchev–Trinajstić information content (AvgIpc) is 2.57. The number of carbonyl (C=O) groups excluding carboxylic acids is 1. The van der Waals surface area contributed by atoms with Crippen LogP contribution in [0.15, 0.2) is 41.2 Å². The van der Waals surface area contributed by atoms with Crippen LogP contribution in [0.4, 0.5) is 0 Å². The lowest BCUT2D eigenvalue weighted by molar-refractivity contribution is -0.120. The Morgan fingerprint density at radius 1 is 1.29 bits per heavy atom. The van der Waals surface area contributed by atoms with Crippen LogP contribution in [0.3, 0.4) is 0 Å². The Morgan fingerprint density at radius 2 is 2.00 bits per heavy atom. The molecule has 0 aliphatic carbocycles. The van der Waals surface area contributed by atoms with Crippen molar-refractivity contribution in [1.82, 2.24) is 9.88 Å². The number of benzene rings is 1. The maximum Gasteiger partial charge on any atom is 0.224 e. The fourth-order valence-electron chi connectivity index (χ4n) is 2.31. The highest BCUT2D eigenvalue weighted by Crippen LogP contribution is 2.16. The van der Waals surface area contributed by atoms with E-state index < -0.39 is 0 Å². The quantitative estimate of drug-likeness (QED) is 0.756. The van der Waals surface area contributed by atoms with Gasteiger partial charge in [-0.05, 0) is 18.2 Å². The highest BCUT2D eigenvalue weighted by atomic mass is 32.1. The van der Waals surface area contributed by atoms with Crippen LogP contribution < -0.4 is 15.5 Å². The maximum absolute atomic E-state index is 12.3. The molecular formula is C18H22N2O3S. The predicted octanol–water partition coefficient (Wildman–Crippen LogP) is 2.21. The minimum absolute atomic E-state index is 0.104. The van der Waals surface area contributed by atoms with Gasteiger partial charge in [-0.1, -0.05) is 30.3 Å². The number of amides is 1. The van der Waals surface area contributed by atoms with Crippen LogP contribution in [0.25, 0.3) is 0 Å². The van der Waals surface area contributed by atoms with Crippen molar-refractivity contribution >= 4 is 18.5 Å². The number of nitrogens with one attached hydrogen (secondary N) is 1. The molecule has 6 heteroatoms. The first-order valence-corrected chi connectivity index (χ1v) is 8.40. The third-order valence-electron chi connectivity index (χ3n) is 3.78. The molecular weight excluding hydrogens is 324 g/mol. The summed E-state index contributed by atoms with van der Waals surface area (Å²) in [6.07, 6.45) is 0.336. The third-order valence-corrected chi connectivity index (χ3v) is 4.00.